The maximum absolute atomic E-state index is 12.3. The summed E-state index contributed by atoms with van der Waals surface area (Å²) < 4.78 is 25.5. The fraction of sp³-hybridized carbons (Fsp3) is 0.500. The van der Waals surface area contributed by atoms with Crippen molar-refractivity contribution in [2.75, 3.05) is 0 Å². The van der Waals surface area contributed by atoms with Gasteiger partial charge in [0, 0.05) is 6.92 Å². The van der Waals surface area contributed by atoms with Crippen molar-refractivity contribution in [1.29, 1.82) is 0 Å². The minimum absolute atomic E-state index is 0.103. The summed E-state index contributed by atoms with van der Waals surface area (Å²) in [5.74, 6) is -2.90. The summed E-state index contributed by atoms with van der Waals surface area (Å²) in [6, 6.07) is 0. The molecular weight excluding hydrogens is 154 g/mol. The van der Waals surface area contributed by atoms with Crippen LogP contribution in [-0.4, -0.2) is 20.8 Å². The number of hydrogen-bond acceptors (Lipinski definition) is 2. The van der Waals surface area contributed by atoms with E-state index in [9.17, 15) is 8.78 Å². The zero-order chi connectivity index (χ0) is 8.48. The van der Waals surface area contributed by atoms with E-state index in [2.05, 4.69) is 5.10 Å². The molecule has 0 saturated heterocycles. The van der Waals surface area contributed by atoms with Crippen molar-refractivity contribution in [3.05, 3.63) is 12.4 Å². The second kappa shape index (κ2) is 2.48. The highest BCUT2D eigenvalue weighted by molar-refractivity contribution is 5.08. The van der Waals surface area contributed by atoms with Gasteiger partial charge in [-0.05, 0) is 0 Å². The van der Waals surface area contributed by atoms with Crippen molar-refractivity contribution < 1.29 is 13.9 Å². The fourth-order valence-electron chi connectivity index (χ4n) is 0.724. The predicted molar refractivity (Wildman–Crippen MR) is 34.5 cm³/mol. The van der Waals surface area contributed by atoms with E-state index in [-0.39, 0.29) is 5.75 Å². The Kier molecular flexibility index (Phi) is 1.80. The number of hydrogen-bond donors (Lipinski definition) is 1. The Hall–Kier alpha value is -1.13. The molecule has 0 spiro atoms. The van der Waals surface area contributed by atoms with E-state index in [0.29, 0.717) is 0 Å². The van der Waals surface area contributed by atoms with E-state index in [1.54, 1.807) is 0 Å². The molecule has 1 heterocycles. The van der Waals surface area contributed by atoms with Gasteiger partial charge in [0.15, 0.2) is 5.75 Å². The largest absolute Gasteiger partial charge is 0.505 e. The summed E-state index contributed by atoms with van der Waals surface area (Å²) in [7, 11) is 0. The molecule has 0 aliphatic carbocycles. The molecule has 3 nitrogen and oxygen atoms in total. The van der Waals surface area contributed by atoms with Gasteiger partial charge in [-0.15, -0.1) is 0 Å². The molecule has 0 atom stereocenters. The number of aromatic hydroxyl groups is 1. The molecule has 1 aromatic heterocycles. The van der Waals surface area contributed by atoms with E-state index in [0.717, 1.165) is 24.0 Å². The van der Waals surface area contributed by atoms with Gasteiger partial charge in [0.25, 0.3) is 5.92 Å². The summed E-state index contributed by atoms with van der Waals surface area (Å²) in [4.78, 5) is 0. The van der Waals surface area contributed by atoms with Gasteiger partial charge in [-0.25, -0.2) is 8.78 Å². The lowest BCUT2D eigenvalue weighted by Crippen LogP contribution is -2.19. The molecule has 0 aliphatic rings. The molecular formula is C6H8F2N2O. The predicted octanol–water partition coefficient (Wildman–Crippen LogP) is 1.24. The number of aromatic nitrogens is 2. The van der Waals surface area contributed by atoms with Gasteiger partial charge >= 0.3 is 0 Å². The van der Waals surface area contributed by atoms with Crippen LogP contribution in [0.3, 0.4) is 0 Å². The van der Waals surface area contributed by atoms with E-state index in [4.69, 9.17) is 5.11 Å². The molecule has 0 unspecified atom stereocenters. The third kappa shape index (κ3) is 2.53. The van der Waals surface area contributed by atoms with Gasteiger partial charge in [-0.3, -0.25) is 4.68 Å². The highest BCUT2D eigenvalue weighted by Gasteiger charge is 2.21. The average molecular weight is 162 g/mol. The number of halogens is 2. The van der Waals surface area contributed by atoms with Crippen molar-refractivity contribution in [2.45, 2.75) is 19.4 Å². The molecule has 0 radical (unpaired) electrons. The van der Waals surface area contributed by atoms with E-state index in [1.807, 2.05) is 0 Å². The monoisotopic (exact) mass is 162 g/mol. The van der Waals surface area contributed by atoms with Crippen LogP contribution < -0.4 is 0 Å². The molecule has 1 rings (SSSR count). The van der Waals surface area contributed by atoms with Gasteiger partial charge in [0.1, 0.15) is 6.54 Å². The molecule has 0 amide bonds. The number of rotatable bonds is 2. The molecule has 62 valence electrons. The highest BCUT2D eigenvalue weighted by atomic mass is 19.3. The smallest absolute Gasteiger partial charge is 0.264 e. The highest BCUT2D eigenvalue weighted by Crippen LogP contribution is 2.15. The zero-order valence-corrected chi connectivity index (χ0v) is 5.96. The quantitative estimate of drug-likeness (QED) is 0.710. The summed E-state index contributed by atoms with van der Waals surface area (Å²) in [5, 5.41) is 12.2. The van der Waals surface area contributed by atoms with Crippen LogP contribution in [0, 0.1) is 0 Å². The van der Waals surface area contributed by atoms with Crippen LogP contribution in [0.5, 0.6) is 5.75 Å². The molecule has 0 saturated carbocycles. The Labute approximate surface area is 62.3 Å². The summed E-state index contributed by atoms with van der Waals surface area (Å²) >= 11 is 0. The average Bonchev–Trinajstić information content (AvgIpc) is 2.10. The lowest BCUT2D eigenvalue weighted by atomic mass is 10.4. The molecule has 5 heteroatoms. The van der Waals surface area contributed by atoms with Crippen molar-refractivity contribution in [2.24, 2.45) is 0 Å². The summed E-state index contributed by atoms with van der Waals surface area (Å²) in [5.41, 5.74) is 0. The van der Waals surface area contributed by atoms with Crippen molar-refractivity contribution in [1.82, 2.24) is 9.78 Å². The molecule has 0 bridgehead atoms. The Bertz CT molecular complexity index is 241. The Morgan fingerprint density at radius 1 is 1.73 bits per heavy atom. The van der Waals surface area contributed by atoms with Crippen LogP contribution >= 0.6 is 0 Å². The number of nitrogens with zero attached hydrogens (tertiary/aromatic N) is 2. The molecule has 11 heavy (non-hydrogen) atoms. The lowest BCUT2D eigenvalue weighted by Gasteiger charge is -2.08. The van der Waals surface area contributed by atoms with Crippen LogP contribution in [-0.2, 0) is 6.54 Å². The normalized spacial score (nSPS) is 11.9. The number of alkyl halides is 2. The first kappa shape index (κ1) is 7.97. The van der Waals surface area contributed by atoms with Crippen LogP contribution in [0.25, 0.3) is 0 Å². The first-order valence-corrected chi connectivity index (χ1v) is 3.07. The molecule has 0 fully saturated rings. The third-order valence-corrected chi connectivity index (χ3v) is 1.06. The Balaban J connectivity index is 2.65. The van der Waals surface area contributed by atoms with Crippen LogP contribution in [0.2, 0.25) is 0 Å². The minimum Gasteiger partial charge on any atom is -0.505 e. The molecule has 0 aromatic carbocycles. The van der Waals surface area contributed by atoms with Crippen LogP contribution in [0.1, 0.15) is 6.92 Å². The zero-order valence-electron chi connectivity index (χ0n) is 5.96. The van der Waals surface area contributed by atoms with Gasteiger partial charge in [-0.2, -0.15) is 5.10 Å². The van der Waals surface area contributed by atoms with E-state index >= 15 is 0 Å². The second-order valence-corrected chi connectivity index (χ2v) is 2.47. The second-order valence-electron chi connectivity index (χ2n) is 2.47. The third-order valence-electron chi connectivity index (χ3n) is 1.06. The maximum Gasteiger partial charge on any atom is 0.264 e. The van der Waals surface area contributed by atoms with E-state index in [1.165, 1.54) is 0 Å². The maximum atomic E-state index is 12.3. The summed E-state index contributed by atoms with van der Waals surface area (Å²) in [6.45, 7) is 0.291. The SMILES string of the molecule is CC(F)(F)Cn1cc(O)cn1. The van der Waals surface area contributed by atoms with Crippen molar-refractivity contribution in [3.63, 3.8) is 0 Å². The Morgan fingerprint density at radius 2 is 2.36 bits per heavy atom. The van der Waals surface area contributed by atoms with Crippen molar-refractivity contribution in [3.8, 4) is 5.75 Å². The van der Waals surface area contributed by atoms with Gasteiger partial charge in [0.05, 0.1) is 12.4 Å². The van der Waals surface area contributed by atoms with Gasteiger partial charge in [0.2, 0.25) is 0 Å². The van der Waals surface area contributed by atoms with Crippen LogP contribution in [0.4, 0.5) is 8.78 Å². The lowest BCUT2D eigenvalue weighted by molar-refractivity contribution is 0.000562. The standard InChI is InChI=1S/C6H8F2N2O/c1-6(7,8)4-10-3-5(11)2-9-10/h2-3,11H,4H2,1H3. The van der Waals surface area contributed by atoms with E-state index < -0.39 is 12.5 Å². The Morgan fingerprint density at radius 3 is 2.73 bits per heavy atom. The minimum atomic E-state index is -2.79. The topological polar surface area (TPSA) is 38.0 Å². The molecule has 1 aromatic rings. The molecule has 0 aliphatic heterocycles. The fourth-order valence-corrected chi connectivity index (χ4v) is 0.724. The first-order valence-electron chi connectivity index (χ1n) is 3.07. The van der Waals surface area contributed by atoms with Crippen molar-refractivity contribution >= 4 is 0 Å². The van der Waals surface area contributed by atoms with Gasteiger partial charge in [-0.1, -0.05) is 0 Å². The first-order chi connectivity index (χ1) is 4.97. The summed E-state index contributed by atoms with van der Waals surface area (Å²) in [6.07, 6.45) is 2.27. The molecule has 1 N–H and O–H groups in total. The van der Waals surface area contributed by atoms with Gasteiger partial charge < -0.3 is 5.11 Å². The van der Waals surface area contributed by atoms with Crippen LogP contribution in [0.15, 0.2) is 12.4 Å².